The molecule has 0 aliphatic rings. The van der Waals surface area contributed by atoms with Crippen LogP contribution >= 0.6 is 11.8 Å². The number of methoxy groups -OCH3 is 1. The summed E-state index contributed by atoms with van der Waals surface area (Å²) in [6.45, 7) is 11.1. The number of amides is 1. The maximum absolute atomic E-state index is 13.0. The minimum Gasteiger partial charge on any atom is -0.383 e. The van der Waals surface area contributed by atoms with Crippen molar-refractivity contribution in [2.24, 2.45) is 7.05 Å². The van der Waals surface area contributed by atoms with E-state index in [0.717, 1.165) is 5.56 Å². The number of carbonyl (C=O) groups is 1. The standard InChI is InChI=1S/C23H33N3O3S/c1-15-19(14-17-8-10-18(11-9-17)23(3,4)5)21(28)26(6)22(25-15)30-16(2)20(27)24-12-13-29-7/h8-11,16H,12-14H2,1-7H3,(H,24,27). The van der Waals surface area contributed by atoms with Crippen LogP contribution in [-0.2, 0) is 28.4 Å². The van der Waals surface area contributed by atoms with Crippen LogP contribution in [0.15, 0.2) is 34.2 Å². The van der Waals surface area contributed by atoms with Crippen LogP contribution < -0.4 is 10.9 Å². The lowest BCUT2D eigenvalue weighted by molar-refractivity contribution is -0.120. The van der Waals surface area contributed by atoms with Crippen molar-refractivity contribution in [2.45, 2.75) is 56.9 Å². The van der Waals surface area contributed by atoms with Crippen LogP contribution in [0.3, 0.4) is 0 Å². The number of nitrogens with zero attached hydrogens (tertiary/aromatic N) is 2. The number of rotatable bonds is 8. The number of hydrogen-bond donors (Lipinski definition) is 1. The Hall–Kier alpha value is -2.12. The molecule has 7 heteroatoms. The van der Waals surface area contributed by atoms with Gasteiger partial charge in [0.05, 0.1) is 11.9 Å². The fourth-order valence-electron chi connectivity index (χ4n) is 3.00. The molecule has 2 aromatic rings. The first kappa shape index (κ1) is 24.2. The molecule has 2 rings (SSSR count). The lowest BCUT2D eigenvalue weighted by atomic mass is 9.86. The number of aryl methyl sites for hydroxylation is 1. The van der Waals surface area contributed by atoms with Crippen molar-refractivity contribution in [2.75, 3.05) is 20.3 Å². The van der Waals surface area contributed by atoms with Crippen LogP contribution in [0.4, 0.5) is 0 Å². The maximum Gasteiger partial charge on any atom is 0.257 e. The van der Waals surface area contributed by atoms with Gasteiger partial charge in [-0.2, -0.15) is 0 Å². The van der Waals surface area contributed by atoms with Gasteiger partial charge in [-0.3, -0.25) is 14.2 Å². The average molecular weight is 432 g/mol. The number of ether oxygens (including phenoxy) is 1. The van der Waals surface area contributed by atoms with Crippen LogP contribution in [0.1, 0.15) is 50.1 Å². The second kappa shape index (κ2) is 10.3. The molecule has 0 fully saturated rings. The fraction of sp³-hybridized carbons (Fsp3) is 0.522. The highest BCUT2D eigenvalue weighted by Gasteiger charge is 2.19. The monoisotopic (exact) mass is 431 g/mol. The first-order valence-electron chi connectivity index (χ1n) is 10.1. The van der Waals surface area contributed by atoms with Crippen molar-refractivity contribution < 1.29 is 9.53 Å². The highest BCUT2D eigenvalue weighted by atomic mass is 32.2. The van der Waals surface area contributed by atoms with Crippen LogP contribution in [0.5, 0.6) is 0 Å². The molecule has 1 aromatic carbocycles. The normalized spacial score (nSPS) is 12.6. The predicted molar refractivity (Wildman–Crippen MR) is 122 cm³/mol. The topological polar surface area (TPSA) is 73.2 Å². The molecule has 0 saturated heterocycles. The third-order valence-corrected chi connectivity index (χ3v) is 6.15. The number of aromatic nitrogens is 2. The maximum atomic E-state index is 13.0. The van der Waals surface area contributed by atoms with E-state index in [2.05, 4.69) is 55.3 Å². The molecule has 0 bridgehead atoms. The van der Waals surface area contributed by atoms with Crippen molar-refractivity contribution in [3.63, 3.8) is 0 Å². The first-order valence-corrected chi connectivity index (χ1v) is 11.0. The number of thioether (sulfide) groups is 1. The first-order chi connectivity index (χ1) is 14.0. The van der Waals surface area contributed by atoms with E-state index in [9.17, 15) is 9.59 Å². The summed E-state index contributed by atoms with van der Waals surface area (Å²) in [6.07, 6.45) is 0.536. The van der Waals surface area contributed by atoms with Crippen molar-refractivity contribution in [3.05, 3.63) is 57.0 Å². The molecule has 1 unspecified atom stereocenters. The van der Waals surface area contributed by atoms with Gasteiger partial charge < -0.3 is 10.1 Å². The van der Waals surface area contributed by atoms with Gasteiger partial charge in [0.1, 0.15) is 0 Å². The average Bonchev–Trinajstić information content (AvgIpc) is 2.69. The van der Waals surface area contributed by atoms with E-state index in [1.807, 2.05) is 6.92 Å². The summed E-state index contributed by atoms with van der Waals surface area (Å²) in [5.41, 5.74) is 3.75. The molecule has 164 valence electrons. The second-order valence-electron chi connectivity index (χ2n) is 8.49. The molecule has 0 aliphatic heterocycles. The zero-order valence-corrected chi connectivity index (χ0v) is 19.9. The van der Waals surface area contributed by atoms with E-state index in [1.54, 1.807) is 21.1 Å². The number of nitrogens with one attached hydrogen (secondary N) is 1. The lowest BCUT2D eigenvalue weighted by Crippen LogP contribution is -2.34. The van der Waals surface area contributed by atoms with Crippen LogP contribution in [0, 0.1) is 6.92 Å². The molecular weight excluding hydrogens is 398 g/mol. The summed E-state index contributed by atoms with van der Waals surface area (Å²) in [7, 11) is 3.30. The molecule has 1 atom stereocenters. The Labute approximate surface area is 183 Å². The Balaban J connectivity index is 2.18. The molecule has 1 amide bonds. The zero-order valence-electron chi connectivity index (χ0n) is 19.0. The number of benzene rings is 1. The summed E-state index contributed by atoms with van der Waals surface area (Å²) in [5.74, 6) is -0.105. The Bertz CT molecular complexity index is 930. The van der Waals surface area contributed by atoms with Crippen molar-refractivity contribution in [3.8, 4) is 0 Å². The van der Waals surface area contributed by atoms with Gasteiger partial charge in [-0.05, 0) is 30.4 Å². The molecule has 0 spiro atoms. The lowest BCUT2D eigenvalue weighted by Gasteiger charge is -2.19. The minimum absolute atomic E-state index is 0.0723. The van der Waals surface area contributed by atoms with Gasteiger partial charge in [-0.15, -0.1) is 0 Å². The summed E-state index contributed by atoms with van der Waals surface area (Å²) >= 11 is 1.28. The molecule has 1 heterocycles. The fourth-order valence-corrected chi connectivity index (χ4v) is 3.93. The van der Waals surface area contributed by atoms with Crippen LogP contribution in [-0.4, -0.2) is 41.0 Å². The van der Waals surface area contributed by atoms with E-state index in [-0.39, 0.29) is 22.1 Å². The summed E-state index contributed by atoms with van der Waals surface area (Å²) < 4.78 is 6.48. The molecular formula is C23H33N3O3S. The van der Waals surface area contributed by atoms with Gasteiger partial charge in [-0.1, -0.05) is 56.8 Å². The molecule has 0 aliphatic carbocycles. The van der Waals surface area contributed by atoms with Gasteiger partial charge in [0.2, 0.25) is 5.91 Å². The van der Waals surface area contributed by atoms with E-state index in [0.29, 0.717) is 36.0 Å². The summed E-state index contributed by atoms with van der Waals surface area (Å²) in [6, 6.07) is 8.40. The van der Waals surface area contributed by atoms with E-state index in [1.165, 1.54) is 21.9 Å². The molecule has 0 saturated carbocycles. The smallest absolute Gasteiger partial charge is 0.257 e. The Morgan fingerprint density at radius 1 is 1.27 bits per heavy atom. The van der Waals surface area contributed by atoms with E-state index < -0.39 is 0 Å². The molecule has 6 nitrogen and oxygen atoms in total. The van der Waals surface area contributed by atoms with Gasteiger partial charge in [0.15, 0.2) is 5.16 Å². The quantitative estimate of drug-likeness (QED) is 0.395. The number of carbonyl (C=O) groups excluding carboxylic acids is 1. The largest absolute Gasteiger partial charge is 0.383 e. The minimum atomic E-state index is -0.366. The van der Waals surface area contributed by atoms with Crippen molar-refractivity contribution in [1.82, 2.24) is 14.9 Å². The Kier molecular flexibility index (Phi) is 8.26. The Morgan fingerprint density at radius 2 is 1.90 bits per heavy atom. The SMILES string of the molecule is COCCNC(=O)C(C)Sc1nc(C)c(Cc2ccc(C(C)(C)C)cc2)c(=O)n1C. The predicted octanol–water partition coefficient (Wildman–Crippen LogP) is 3.22. The van der Waals surface area contributed by atoms with Gasteiger partial charge in [-0.25, -0.2) is 4.98 Å². The molecule has 1 N–H and O–H groups in total. The second-order valence-corrected chi connectivity index (χ2v) is 9.80. The van der Waals surface area contributed by atoms with Gasteiger partial charge in [0.25, 0.3) is 5.56 Å². The zero-order chi connectivity index (χ0) is 22.5. The van der Waals surface area contributed by atoms with Gasteiger partial charge >= 0.3 is 0 Å². The van der Waals surface area contributed by atoms with E-state index in [4.69, 9.17) is 4.74 Å². The van der Waals surface area contributed by atoms with Crippen molar-refractivity contribution >= 4 is 17.7 Å². The summed E-state index contributed by atoms with van der Waals surface area (Å²) in [5, 5.41) is 2.99. The van der Waals surface area contributed by atoms with Crippen LogP contribution in [0.25, 0.3) is 0 Å². The summed E-state index contributed by atoms with van der Waals surface area (Å²) in [4.78, 5) is 29.8. The highest BCUT2D eigenvalue weighted by Crippen LogP contribution is 2.24. The molecule has 1 aromatic heterocycles. The highest BCUT2D eigenvalue weighted by molar-refractivity contribution is 8.00. The molecule has 30 heavy (non-hydrogen) atoms. The van der Waals surface area contributed by atoms with Crippen molar-refractivity contribution in [1.29, 1.82) is 0 Å². The third-order valence-electron chi connectivity index (χ3n) is 5.01. The Morgan fingerprint density at radius 3 is 2.47 bits per heavy atom. The van der Waals surface area contributed by atoms with E-state index >= 15 is 0 Å². The van der Waals surface area contributed by atoms with Gasteiger partial charge in [0, 0.05) is 38.4 Å². The third kappa shape index (κ3) is 6.19. The number of hydrogen-bond acceptors (Lipinski definition) is 5. The molecule has 0 radical (unpaired) electrons. The van der Waals surface area contributed by atoms with Crippen LogP contribution in [0.2, 0.25) is 0 Å².